The van der Waals surface area contributed by atoms with Crippen molar-refractivity contribution in [3.05, 3.63) is 48.7 Å². The highest BCUT2D eigenvalue weighted by atomic mass is 16.5. The van der Waals surface area contributed by atoms with Crippen molar-refractivity contribution in [3.63, 3.8) is 0 Å². The van der Waals surface area contributed by atoms with Gasteiger partial charge < -0.3 is 30.2 Å². The minimum absolute atomic E-state index is 0.117. The van der Waals surface area contributed by atoms with Gasteiger partial charge in [0.05, 0.1) is 21.3 Å². The van der Waals surface area contributed by atoms with Gasteiger partial charge in [0, 0.05) is 42.3 Å². The molecular formula is C21H23N5O4. The Morgan fingerprint density at radius 1 is 0.833 bits per heavy atom. The molecule has 156 valence electrons. The van der Waals surface area contributed by atoms with Crippen molar-refractivity contribution in [1.29, 1.82) is 0 Å². The quantitative estimate of drug-likeness (QED) is 0.513. The van der Waals surface area contributed by atoms with Gasteiger partial charge in [-0.25, -0.2) is 4.98 Å². The van der Waals surface area contributed by atoms with Crippen molar-refractivity contribution >= 4 is 34.7 Å². The smallest absolute Gasteiger partial charge is 0.229 e. The third kappa shape index (κ3) is 5.07. The molecule has 0 bridgehead atoms. The molecule has 9 nitrogen and oxygen atoms in total. The van der Waals surface area contributed by atoms with E-state index < -0.39 is 0 Å². The number of carbonyl (C=O) groups is 1. The summed E-state index contributed by atoms with van der Waals surface area (Å²) in [5, 5.41) is 9.06. The summed E-state index contributed by atoms with van der Waals surface area (Å²) in [6.45, 7) is 1.47. The number of carbonyl (C=O) groups excluding carboxylic acids is 1. The lowest BCUT2D eigenvalue weighted by atomic mass is 10.2. The highest BCUT2D eigenvalue weighted by Gasteiger charge is 2.14. The van der Waals surface area contributed by atoms with Crippen molar-refractivity contribution in [2.45, 2.75) is 6.92 Å². The third-order valence-corrected chi connectivity index (χ3v) is 4.05. The molecule has 0 aliphatic rings. The fraction of sp³-hybridized carbons (Fsp3) is 0.190. The van der Waals surface area contributed by atoms with Crippen molar-refractivity contribution in [1.82, 2.24) is 9.97 Å². The third-order valence-electron chi connectivity index (χ3n) is 4.05. The topological polar surface area (TPSA) is 107 Å². The van der Waals surface area contributed by atoms with E-state index in [9.17, 15) is 4.79 Å². The Hall–Kier alpha value is -4.01. The lowest BCUT2D eigenvalue weighted by molar-refractivity contribution is -0.114. The molecule has 1 aromatic heterocycles. The number of nitrogens with one attached hydrogen (secondary N) is 3. The van der Waals surface area contributed by atoms with Gasteiger partial charge in [0.15, 0.2) is 11.5 Å². The van der Waals surface area contributed by atoms with E-state index >= 15 is 0 Å². The van der Waals surface area contributed by atoms with Crippen LogP contribution in [0.1, 0.15) is 6.92 Å². The molecule has 3 N–H and O–H groups in total. The van der Waals surface area contributed by atoms with E-state index in [1.54, 1.807) is 57.9 Å². The van der Waals surface area contributed by atoms with Gasteiger partial charge in [0.25, 0.3) is 0 Å². The molecule has 0 saturated carbocycles. The van der Waals surface area contributed by atoms with Gasteiger partial charge in [-0.05, 0) is 30.3 Å². The zero-order valence-electron chi connectivity index (χ0n) is 17.1. The number of rotatable bonds is 8. The molecule has 0 aliphatic carbocycles. The molecule has 2 aromatic carbocycles. The number of methoxy groups -OCH3 is 3. The average molecular weight is 409 g/mol. The van der Waals surface area contributed by atoms with E-state index in [-0.39, 0.29) is 5.91 Å². The average Bonchev–Trinajstić information content (AvgIpc) is 2.74. The summed E-state index contributed by atoms with van der Waals surface area (Å²) in [6, 6.07) is 12.6. The number of aromatic nitrogens is 2. The summed E-state index contributed by atoms with van der Waals surface area (Å²) in [5.41, 5.74) is 2.23. The number of anilines is 5. The first-order valence-electron chi connectivity index (χ1n) is 9.07. The van der Waals surface area contributed by atoms with Crippen LogP contribution in [-0.2, 0) is 4.79 Å². The van der Waals surface area contributed by atoms with Gasteiger partial charge in [0.1, 0.15) is 5.82 Å². The first-order valence-corrected chi connectivity index (χ1v) is 9.07. The molecule has 0 fully saturated rings. The second-order valence-corrected chi connectivity index (χ2v) is 6.19. The van der Waals surface area contributed by atoms with Crippen LogP contribution in [0.15, 0.2) is 48.7 Å². The first-order chi connectivity index (χ1) is 14.5. The minimum Gasteiger partial charge on any atom is -0.493 e. The summed E-state index contributed by atoms with van der Waals surface area (Å²) in [7, 11) is 4.66. The van der Waals surface area contributed by atoms with Gasteiger partial charge in [-0.1, -0.05) is 0 Å². The fourth-order valence-electron chi connectivity index (χ4n) is 2.76. The number of amides is 1. The number of hydrogen-bond donors (Lipinski definition) is 3. The summed E-state index contributed by atoms with van der Waals surface area (Å²) >= 11 is 0. The number of benzene rings is 2. The Kier molecular flexibility index (Phi) is 6.53. The maximum Gasteiger partial charge on any atom is 0.229 e. The molecular weight excluding hydrogens is 386 g/mol. The SMILES string of the molecule is COc1cc(Nc2nccc(Nc3ccc(NC(C)=O)cc3)n2)cc(OC)c1OC. The second-order valence-electron chi connectivity index (χ2n) is 6.19. The Balaban J connectivity index is 1.76. The summed E-state index contributed by atoms with van der Waals surface area (Å²) in [6.07, 6.45) is 1.64. The lowest BCUT2D eigenvalue weighted by Gasteiger charge is -2.15. The van der Waals surface area contributed by atoms with E-state index in [0.717, 1.165) is 11.4 Å². The largest absolute Gasteiger partial charge is 0.493 e. The molecule has 0 aliphatic heterocycles. The van der Waals surface area contributed by atoms with Crippen LogP contribution in [0.25, 0.3) is 0 Å². The number of ether oxygens (including phenoxy) is 3. The van der Waals surface area contributed by atoms with Gasteiger partial charge in [0.2, 0.25) is 17.6 Å². The zero-order chi connectivity index (χ0) is 21.5. The van der Waals surface area contributed by atoms with Crippen molar-refractivity contribution < 1.29 is 19.0 Å². The van der Waals surface area contributed by atoms with Gasteiger partial charge >= 0.3 is 0 Å². The minimum atomic E-state index is -0.117. The van der Waals surface area contributed by atoms with Gasteiger partial charge in [-0.15, -0.1) is 0 Å². The van der Waals surface area contributed by atoms with Crippen LogP contribution in [0.5, 0.6) is 17.2 Å². The van der Waals surface area contributed by atoms with Crippen LogP contribution < -0.4 is 30.2 Å². The monoisotopic (exact) mass is 409 g/mol. The van der Waals surface area contributed by atoms with E-state index in [4.69, 9.17) is 14.2 Å². The summed E-state index contributed by atoms with van der Waals surface area (Å²) in [5.74, 6) is 2.43. The molecule has 9 heteroatoms. The standard InChI is InChI=1S/C21H23N5O4/c1-13(27)23-14-5-7-15(8-6-14)24-19-9-10-22-21(26-19)25-16-11-17(28-2)20(30-4)18(12-16)29-3/h5-12H,1-4H3,(H,23,27)(H2,22,24,25,26). The molecule has 30 heavy (non-hydrogen) atoms. The second kappa shape index (κ2) is 9.46. The molecule has 0 spiro atoms. The number of hydrogen-bond acceptors (Lipinski definition) is 8. The van der Waals surface area contributed by atoms with Crippen molar-refractivity contribution in [2.75, 3.05) is 37.3 Å². The van der Waals surface area contributed by atoms with Crippen molar-refractivity contribution in [3.8, 4) is 17.2 Å². The molecule has 0 unspecified atom stereocenters. The van der Waals surface area contributed by atoms with Crippen LogP contribution >= 0.6 is 0 Å². The molecule has 0 radical (unpaired) electrons. The van der Waals surface area contributed by atoms with E-state index in [1.165, 1.54) is 6.92 Å². The fourth-order valence-corrected chi connectivity index (χ4v) is 2.76. The zero-order valence-corrected chi connectivity index (χ0v) is 17.1. The van der Waals surface area contributed by atoms with E-state index in [1.807, 2.05) is 12.1 Å². The predicted molar refractivity (Wildman–Crippen MR) is 115 cm³/mol. The first kappa shape index (κ1) is 20.7. The van der Waals surface area contributed by atoms with Gasteiger partial charge in [-0.2, -0.15) is 4.98 Å². The van der Waals surface area contributed by atoms with Crippen LogP contribution in [0.3, 0.4) is 0 Å². The molecule has 0 saturated heterocycles. The number of nitrogens with zero attached hydrogens (tertiary/aromatic N) is 2. The molecule has 0 atom stereocenters. The Morgan fingerprint density at radius 2 is 1.47 bits per heavy atom. The van der Waals surface area contributed by atoms with Crippen molar-refractivity contribution in [2.24, 2.45) is 0 Å². The molecule has 3 aromatic rings. The van der Waals surface area contributed by atoms with Gasteiger partial charge in [-0.3, -0.25) is 4.79 Å². The van der Waals surface area contributed by atoms with Crippen LogP contribution in [0.2, 0.25) is 0 Å². The van der Waals surface area contributed by atoms with Crippen LogP contribution in [0.4, 0.5) is 28.8 Å². The van der Waals surface area contributed by atoms with E-state index in [0.29, 0.717) is 34.7 Å². The maximum absolute atomic E-state index is 11.1. The summed E-state index contributed by atoms with van der Waals surface area (Å²) < 4.78 is 16.1. The summed E-state index contributed by atoms with van der Waals surface area (Å²) in [4.78, 5) is 19.8. The Labute approximate surface area is 174 Å². The normalized spacial score (nSPS) is 10.1. The van der Waals surface area contributed by atoms with Crippen LogP contribution in [-0.4, -0.2) is 37.2 Å². The lowest BCUT2D eigenvalue weighted by Crippen LogP contribution is -2.05. The highest BCUT2D eigenvalue weighted by molar-refractivity contribution is 5.88. The Bertz CT molecular complexity index is 999. The predicted octanol–water partition coefficient (Wildman–Crippen LogP) is 3.95. The Morgan fingerprint density at radius 3 is 2.03 bits per heavy atom. The molecule has 1 amide bonds. The maximum atomic E-state index is 11.1. The van der Waals surface area contributed by atoms with Crippen LogP contribution in [0, 0.1) is 0 Å². The molecule has 3 rings (SSSR count). The highest BCUT2D eigenvalue weighted by Crippen LogP contribution is 2.40. The van der Waals surface area contributed by atoms with E-state index in [2.05, 4.69) is 25.9 Å². The molecule has 1 heterocycles.